The van der Waals surface area contributed by atoms with E-state index in [0.29, 0.717) is 12.8 Å². The lowest BCUT2D eigenvalue weighted by Gasteiger charge is -2.43. The Labute approximate surface area is 101 Å². The fourth-order valence-corrected chi connectivity index (χ4v) is 2.52. The largest absolute Gasteiger partial charge is 0.496 e. The van der Waals surface area contributed by atoms with Gasteiger partial charge in [-0.3, -0.25) is 0 Å². The third-order valence-corrected chi connectivity index (χ3v) is 3.35. The van der Waals surface area contributed by atoms with Crippen LogP contribution in [0.4, 0.5) is 0 Å². The van der Waals surface area contributed by atoms with Crippen molar-refractivity contribution in [3.8, 4) is 11.5 Å². The summed E-state index contributed by atoms with van der Waals surface area (Å²) in [6.45, 7) is 1.98. The van der Waals surface area contributed by atoms with Crippen molar-refractivity contribution in [3.05, 3.63) is 23.3 Å². The van der Waals surface area contributed by atoms with Crippen LogP contribution >= 0.6 is 0 Å². The summed E-state index contributed by atoms with van der Waals surface area (Å²) in [6, 6.07) is 3.88. The van der Waals surface area contributed by atoms with Gasteiger partial charge in [-0.1, -0.05) is 0 Å². The smallest absolute Gasteiger partial charge is 0.127 e. The number of rotatable bonds is 3. The van der Waals surface area contributed by atoms with Gasteiger partial charge in [0.2, 0.25) is 0 Å². The molecule has 4 nitrogen and oxygen atoms in total. The Kier molecular flexibility index (Phi) is 3.02. The molecule has 0 aliphatic heterocycles. The van der Waals surface area contributed by atoms with Crippen molar-refractivity contribution >= 4 is 0 Å². The first kappa shape index (κ1) is 12.2. The second-order valence-corrected chi connectivity index (χ2v) is 4.76. The molecule has 2 rings (SSSR count). The summed E-state index contributed by atoms with van der Waals surface area (Å²) in [4.78, 5) is 0. The first-order chi connectivity index (χ1) is 8.00. The van der Waals surface area contributed by atoms with Crippen LogP contribution in [-0.4, -0.2) is 25.4 Å². The predicted molar refractivity (Wildman–Crippen MR) is 65.4 cm³/mol. The summed E-state index contributed by atoms with van der Waals surface area (Å²) in [6.07, 6.45) is 0.765. The van der Waals surface area contributed by atoms with E-state index >= 15 is 0 Å². The molecule has 1 saturated carbocycles. The number of hydrogen-bond donors (Lipinski definition) is 2. The number of hydrogen-bond acceptors (Lipinski definition) is 4. The van der Waals surface area contributed by atoms with E-state index in [2.05, 4.69) is 0 Å². The zero-order chi connectivity index (χ0) is 12.6. The minimum absolute atomic E-state index is 0.323. The Bertz CT molecular complexity index is 400. The fraction of sp³-hybridized carbons (Fsp3) is 0.538. The molecule has 0 spiro atoms. The number of aliphatic hydroxyl groups is 1. The Morgan fingerprint density at radius 2 is 1.71 bits per heavy atom. The van der Waals surface area contributed by atoms with Crippen molar-refractivity contribution in [2.75, 3.05) is 14.2 Å². The van der Waals surface area contributed by atoms with Gasteiger partial charge in [-0.25, -0.2) is 0 Å². The lowest BCUT2D eigenvalue weighted by Crippen LogP contribution is -2.52. The lowest BCUT2D eigenvalue weighted by atomic mass is 9.70. The van der Waals surface area contributed by atoms with E-state index in [4.69, 9.17) is 15.2 Å². The minimum Gasteiger partial charge on any atom is -0.496 e. The molecule has 1 aliphatic carbocycles. The number of benzene rings is 1. The molecule has 1 fully saturated rings. The van der Waals surface area contributed by atoms with Crippen molar-refractivity contribution in [1.82, 2.24) is 0 Å². The second-order valence-electron chi connectivity index (χ2n) is 4.76. The molecule has 0 saturated heterocycles. The maximum Gasteiger partial charge on any atom is 0.127 e. The molecular formula is C13H19NO3. The molecule has 0 bridgehead atoms. The number of aliphatic hydroxyl groups excluding tert-OH is 1. The van der Waals surface area contributed by atoms with Crippen molar-refractivity contribution in [3.63, 3.8) is 0 Å². The molecule has 3 N–H and O–H groups in total. The van der Waals surface area contributed by atoms with E-state index in [1.54, 1.807) is 14.2 Å². The van der Waals surface area contributed by atoms with E-state index in [-0.39, 0.29) is 6.10 Å². The van der Waals surface area contributed by atoms with E-state index in [9.17, 15) is 5.11 Å². The zero-order valence-electron chi connectivity index (χ0n) is 10.5. The van der Waals surface area contributed by atoms with Gasteiger partial charge in [-0.05, 0) is 37.5 Å². The quantitative estimate of drug-likeness (QED) is 0.832. The third kappa shape index (κ3) is 1.98. The summed E-state index contributed by atoms with van der Waals surface area (Å²) < 4.78 is 10.8. The van der Waals surface area contributed by atoms with Gasteiger partial charge >= 0.3 is 0 Å². The van der Waals surface area contributed by atoms with Crippen LogP contribution in [0.1, 0.15) is 24.0 Å². The predicted octanol–water partition coefficient (Wildman–Crippen LogP) is 1.32. The van der Waals surface area contributed by atoms with Crippen molar-refractivity contribution in [2.24, 2.45) is 5.73 Å². The molecule has 1 aliphatic rings. The molecule has 0 heterocycles. The first-order valence-corrected chi connectivity index (χ1v) is 5.70. The van der Waals surface area contributed by atoms with Crippen LogP contribution in [-0.2, 0) is 5.54 Å². The average molecular weight is 237 g/mol. The lowest BCUT2D eigenvalue weighted by molar-refractivity contribution is 0.0187. The minimum atomic E-state index is -0.538. The van der Waals surface area contributed by atoms with Crippen molar-refractivity contribution in [2.45, 2.75) is 31.4 Å². The molecule has 0 aromatic heterocycles. The van der Waals surface area contributed by atoms with E-state index in [1.807, 2.05) is 19.1 Å². The van der Waals surface area contributed by atoms with Gasteiger partial charge in [0.15, 0.2) is 0 Å². The van der Waals surface area contributed by atoms with Gasteiger partial charge in [0.1, 0.15) is 11.5 Å². The molecule has 1 aromatic rings. The molecule has 0 amide bonds. The van der Waals surface area contributed by atoms with Crippen molar-refractivity contribution in [1.29, 1.82) is 0 Å². The Balaban J connectivity index is 2.51. The highest BCUT2D eigenvalue weighted by Crippen LogP contribution is 2.47. The molecule has 0 radical (unpaired) electrons. The number of aryl methyl sites for hydroxylation is 1. The number of methoxy groups -OCH3 is 2. The highest BCUT2D eigenvalue weighted by atomic mass is 16.5. The zero-order valence-corrected chi connectivity index (χ0v) is 10.5. The third-order valence-electron chi connectivity index (χ3n) is 3.35. The van der Waals surface area contributed by atoms with Crippen LogP contribution < -0.4 is 15.2 Å². The Morgan fingerprint density at radius 1 is 1.24 bits per heavy atom. The first-order valence-electron chi connectivity index (χ1n) is 5.70. The number of ether oxygens (including phenoxy) is 2. The molecule has 4 heteroatoms. The topological polar surface area (TPSA) is 64.7 Å². The van der Waals surface area contributed by atoms with E-state index in [0.717, 1.165) is 22.6 Å². The van der Waals surface area contributed by atoms with Gasteiger partial charge in [-0.15, -0.1) is 0 Å². The van der Waals surface area contributed by atoms with Crippen LogP contribution in [0, 0.1) is 6.92 Å². The second kappa shape index (κ2) is 4.20. The van der Waals surface area contributed by atoms with Gasteiger partial charge in [-0.2, -0.15) is 0 Å². The van der Waals surface area contributed by atoms with Crippen LogP contribution in [0.3, 0.4) is 0 Å². The van der Waals surface area contributed by atoms with Crippen molar-refractivity contribution < 1.29 is 14.6 Å². The normalized spacial score (nSPS) is 27.5. The molecule has 0 atom stereocenters. The summed E-state index contributed by atoms with van der Waals surface area (Å²) in [5, 5.41) is 9.47. The summed E-state index contributed by atoms with van der Waals surface area (Å²) in [7, 11) is 3.24. The average Bonchev–Trinajstić information content (AvgIpc) is 2.25. The maximum atomic E-state index is 9.47. The van der Waals surface area contributed by atoms with Crippen LogP contribution in [0.25, 0.3) is 0 Å². The van der Waals surface area contributed by atoms with Gasteiger partial charge in [0, 0.05) is 0 Å². The standard InChI is InChI=1S/C13H19NO3/c1-8-4-10(16-2)12(11(5-8)17-3)13(14)6-9(15)7-13/h4-5,9,15H,6-7,14H2,1-3H3. The van der Waals surface area contributed by atoms with Gasteiger partial charge < -0.3 is 20.3 Å². The van der Waals surface area contributed by atoms with Gasteiger partial charge in [0.05, 0.1) is 31.4 Å². The van der Waals surface area contributed by atoms with E-state index in [1.165, 1.54) is 0 Å². The molecule has 0 unspecified atom stereocenters. The van der Waals surface area contributed by atoms with Gasteiger partial charge in [0.25, 0.3) is 0 Å². The molecular weight excluding hydrogens is 218 g/mol. The summed E-state index contributed by atoms with van der Waals surface area (Å²) >= 11 is 0. The maximum absolute atomic E-state index is 9.47. The SMILES string of the molecule is COc1cc(C)cc(OC)c1C1(N)CC(O)C1. The monoisotopic (exact) mass is 237 g/mol. The fourth-order valence-electron chi connectivity index (χ4n) is 2.52. The Hall–Kier alpha value is -1.26. The molecule has 1 aromatic carbocycles. The highest BCUT2D eigenvalue weighted by Gasteiger charge is 2.45. The Morgan fingerprint density at radius 3 is 2.06 bits per heavy atom. The van der Waals surface area contributed by atoms with E-state index < -0.39 is 5.54 Å². The molecule has 17 heavy (non-hydrogen) atoms. The highest BCUT2D eigenvalue weighted by molar-refractivity contribution is 5.53. The van der Waals surface area contributed by atoms with Crippen LogP contribution in [0.5, 0.6) is 11.5 Å². The number of nitrogens with two attached hydrogens (primary N) is 1. The van der Waals surface area contributed by atoms with Crippen LogP contribution in [0.15, 0.2) is 12.1 Å². The summed E-state index contributed by atoms with van der Waals surface area (Å²) in [5.74, 6) is 1.47. The molecule has 94 valence electrons. The summed E-state index contributed by atoms with van der Waals surface area (Å²) in [5.41, 5.74) is 7.68. The van der Waals surface area contributed by atoms with Crippen LogP contribution in [0.2, 0.25) is 0 Å².